The Morgan fingerprint density at radius 2 is 1.61 bits per heavy atom. The minimum atomic E-state index is -4.44. The number of alkyl halides is 3. The van der Waals surface area contributed by atoms with Gasteiger partial charge in [-0.1, -0.05) is 12.2 Å². The van der Waals surface area contributed by atoms with Crippen molar-refractivity contribution in [1.82, 2.24) is 0 Å². The van der Waals surface area contributed by atoms with E-state index in [0.29, 0.717) is 6.42 Å². The van der Waals surface area contributed by atoms with Crippen LogP contribution in [0.25, 0.3) is 0 Å². The summed E-state index contributed by atoms with van der Waals surface area (Å²) in [6.07, 6.45) is -0.138. The maximum Gasteiger partial charge on any atom is 0.416 e. The highest BCUT2D eigenvalue weighted by Crippen LogP contribution is 2.48. The molecule has 2 aliphatic carbocycles. The molecule has 0 saturated heterocycles. The Morgan fingerprint density at radius 3 is 2.13 bits per heavy atom. The van der Waals surface area contributed by atoms with Crippen molar-refractivity contribution in [2.45, 2.75) is 12.6 Å². The molecule has 1 aromatic carbocycles. The molecule has 0 unspecified atom stereocenters. The first-order valence-corrected chi connectivity index (χ1v) is 7.16. The molecule has 4 nitrogen and oxygen atoms in total. The zero-order valence-electron chi connectivity index (χ0n) is 11.9. The molecule has 0 spiro atoms. The van der Waals surface area contributed by atoms with Crippen LogP contribution in [0, 0.1) is 23.7 Å². The van der Waals surface area contributed by atoms with Crippen LogP contribution in [0.15, 0.2) is 36.4 Å². The number of halogens is 3. The third-order valence-corrected chi connectivity index (χ3v) is 4.53. The zero-order chi connectivity index (χ0) is 16.8. The lowest BCUT2D eigenvalue weighted by Gasteiger charge is -2.23. The van der Waals surface area contributed by atoms with Gasteiger partial charge in [0.2, 0.25) is 5.91 Å². The normalized spacial score (nSPS) is 28.8. The van der Waals surface area contributed by atoms with E-state index in [0.717, 1.165) is 12.1 Å². The van der Waals surface area contributed by atoms with Crippen molar-refractivity contribution < 1.29 is 27.9 Å². The molecule has 23 heavy (non-hydrogen) atoms. The molecular formula is C16H14F3NO3. The van der Waals surface area contributed by atoms with Gasteiger partial charge >= 0.3 is 12.1 Å². The van der Waals surface area contributed by atoms with Crippen molar-refractivity contribution >= 4 is 17.6 Å². The lowest BCUT2D eigenvalue weighted by molar-refractivity contribution is -0.146. The average molecular weight is 325 g/mol. The van der Waals surface area contributed by atoms with E-state index in [1.807, 2.05) is 12.2 Å². The Hall–Kier alpha value is -2.31. The molecule has 2 aliphatic rings. The van der Waals surface area contributed by atoms with Crippen LogP contribution in [0.5, 0.6) is 0 Å². The van der Waals surface area contributed by atoms with Gasteiger partial charge in [0.1, 0.15) is 0 Å². The van der Waals surface area contributed by atoms with Crippen molar-refractivity contribution in [2.75, 3.05) is 5.32 Å². The summed E-state index contributed by atoms with van der Waals surface area (Å²) < 4.78 is 37.5. The number of carbonyl (C=O) groups excluding carboxylic acids is 1. The smallest absolute Gasteiger partial charge is 0.416 e. The summed E-state index contributed by atoms with van der Waals surface area (Å²) in [7, 11) is 0. The number of fused-ring (bicyclic) bond motifs is 2. The summed E-state index contributed by atoms with van der Waals surface area (Å²) >= 11 is 0. The molecular weight excluding hydrogens is 311 g/mol. The standard InChI is InChI=1S/C16H14F3NO3/c17-16(18,19)10-3-5-11(6-4-10)20-14(21)12-8-1-2-9(7-8)13(12)15(22)23/h1-6,8-9,12-13H,7H2,(H,20,21)(H,22,23)/t8-,9+,12-,13-/m0/s1. The van der Waals surface area contributed by atoms with Crippen LogP contribution in [0.1, 0.15) is 12.0 Å². The molecule has 3 rings (SSSR count). The van der Waals surface area contributed by atoms with Crippen LogP contribution < -0.4 is 5.32 Å². The molecule has 1 saturated carbocycles. The molecule has 0 aliphatic heterocycles. The fourth-order valence-corrected chi connectivity index (χ4v) is 3.48. The van der Waals surface area contributed by atoms with E-state index >= 15 is 0 Å². The van der Waals surface area contributed by atoms with Gasteiger partial charge in [0.05, 0.1) is 17.4 Å². The molecule has 1 amide bonds. The average Bonchev–Trinajstić information content (AvgIpc) is 3.07. The van der Waals surface area contributed by atoms with Crippen molar-refractivity contribution in [3.63, 3.8) is 0 Å². The molecule has 2 bridgehead atoms. The maximum absolute atomic E-state index is 12.5. The molecule has 4 atom stereocenters. The number of hydrogen-bond acceptors (Lipinski definition) is 2. The van der Waals surface area contributed by atoms with Crippen molar-refractivity contribution in [1.29, 1.82) is 0 Å². The van der Waals surface area contributed by atoms with E-state index in [1.54, 1.807) is 0 Å². The van der Waals surface area contributed by atoms with Gasteiger partial charge in [-0.15, -0.1) is 0 Å². The van der Waals surface area contributed by atoms with Crippen LogP contribution in [0.3, 0.4) is 0 Å². The van der Waals surface area contributed by atoms with E-state index in [9.17, 15) is 27.9 Å². The Kier molecular flexibility index (Phi) is 3.66. The van der Waals surface area contributed by atoms with E-state index < -0.39 is 35.5 Å². The molecule has 122 valence electrons. The number of carbonyl (C=O) groups is 2. The minimum absolute atomic E-state index is 0.129. The summed E-state index contributed by atoms with van der Waals surface area (Å²) in [5.41, 5.74) is -0.583. The molecule has 0 heterocycles. The van der Waals surface area contributed by atoms with Crippen LogP contribution in [0.2, 0.25) is 0 Å². The van der Waals surface area contributed by atoms with Gasteiger partial charge < -0.3 is 10.4 Å². The quantitative estimate of drug-likeness (QED) is 0.839. The highest BCUT2D eigenvalue weighted by Gasteiger charge is 2.51. The van der Waals surface area contributed by atoms with Crippen LogP contribution in [0.4, 0.5) is 18.9 Å². The lowest BCUT2D eigenvalue weighted by Crippen LogP contribution is -2.36. The Balaban J connectivity index is 1.74. The molecule has 0 radical (unpaired) electrons. The van der Waals surface area contributed by atoms with E-state index in [4.69, 9.17) is 0 Å². The van der Waals surface area contributed by atoms with Crippen LogP contribution >= 0.6 is 0 Å². The van der Waals surface area contributed by atoms with E-state index in [2.05, 4.69) is 5.32 Å². The van der Waals surface area contributed by atoms with E-state index in [-0.39, 0.29) is 17.5 Å². The fourth-order valence-electron chi connectivity index (χ4n) is 3.48. The highest BCUT2D eigenvalue weighted by molar-refractivity contribution is 5.96. The highest BCUT2D eigenvalue weighted by atomic mass is 19.4. The second-order valence-electron chi connectivity index (χ2n) is 5.90. The molecule has 1 fully saturated rings. The van der Waals surface area contributed by atoms with Crippen LogP contribution in [-0.4, -0.2) is 17.0 Å². The zero-order valence-corrected chi connectivity index (χ0v) is 11.9. The first kappa shape index (κ1) is 15.6. The number of hydrogen-bond donors (Lipinski definition) is 2. The summed E-state index contributed by atoms with van der Waals surface area (Å²) in [5.74, 6) is -3.23. The number of rotatable bonds is 3. The number of benzene rings is 1. The second kappa shape index (κ2) is 5.40. The third-order valence-electron chi connectivity index (χ3n) is 4.53. The van der Waals surface area contributed by atoms with Crippen LogP contribution in [-0.2, 0) is 15.8 Å². The number of nitrogens with one attached hydrogen (secondary N) is 1. The topological polar surface area (TPSA) is 66.4 Å². The summed E-state index contributed by atoms with van der Waals surface area (Å²) in [5, 5.41) is 11.8. The molecule has 1 aromatic rings. The van der Waals surface area contributed by atoms with Gasteiger partial charge in [-0.3, -0.25) is 9.59 Å². The lowest BCUT2D eigenvalue weighted by atomic mass is 9.82. The largest absolute Gasteiger partial charge is 0.481 e. The van der Waals surface area contributed by atoms with Crippen molar-refractivity contribution in [3.8, 4) is 0 Å². The first-order chi connectivity index (χ1) is 10.8. The predicted octanol–water partition coefficient (Wildman–Crippen LogP) is 3.17. The molecule has 2 N–H and O–H groups in total. The predicted molar refractivity (Wildman–Crippen MR) is 75.4 cm³/mol. The summed E-state index contributed by atoms with van der Waals surface area (Å²) in [6, 6.07) is 4.09. The maximum atomic E-state index is 12.5. The van der Waals surface area contributed by atoms with Gasteiger partial charge in [0.15, 0.2) is 0 Å². The SMILES string of the molecule is O=C(O)[C@@H]1[C@@H](C(=O)Nc2ccc(C(F)(F)F)cc2)[C@H]2C=C[C@@H]1C2. The monoisotopic (exact) mass is 325 g/mol. The van der Waals surface area contributed by atoms with Gasteiger partial charge in [0.25, 0.3) is 0 Å². The first-order valence-electron chi connectivity index (χ1n) is 7.16. The van der Waals surface area contributed by atoms with Gasteiger partial charge in [0, 0.05) is 5.69 Å². The fraction of sp³-hybridized carbons (Fsp3) is 0.375. The summed E-state index contributed by atoms with van der Waals surface area (Å²) in [4.78, 5) is 23.7. The van der Waals surface area contributed by atoms with Gasteiger partial charge in [-0.2, -0.15) is 13.2 Å². The van der Waals surface area contributed by atoms with Gasteiger partial charge in [-0.25, -0.2) is 0 Å². The Labute approximate surface area is 130 Å². The molecule has 7 heteroatoms. The van der Waals surface area contributed by atoms with Gasteiger partial charge in [-0.05, 0) is 42.5 Å². The number of carboxylic acids is 1. The summed E-state index contributed by atoms with van der Waals surface area (Å²) in [6.45, 7) is 0. The van der Waals surface area contributed by atoms with Crippen molar-refractivity contribution in [3.05, 3.63) is 42.0 Å². The van der Waals surface area contributed by atoms with E-state index in [1.165, 1.54) is 12.1 Å². The molecule has 0 aromatic heterocycles. The Morgan fingerprint density at radius 1 is 1.04 bits per heavy atom. The number of allylic oxidation sites excluding steroid dienone is 2. The third kappa shape index (κ3) is 2.83. The number of aliphatic carboxylic acids is 1. The second-order valence-corrected chi connectivity index (χ2v) is 5.90. The Bertz CT molecular complexity index is 666. The number of carboxylic acid groups (broad SMARTS) is 1. The number of anilines is 1. The minimum Gasteiger partial charge on any atom is -0.481 e. The number of amides is 1. The van der Waals surface area contributed by atoms with Crippen molar-refractivity contribution in [2.24, 2.45) is 23.7 Å².